The van der Waals surface area contributed by atoms with Crippen molar-refractivity contribution < 1.29 is 9.53 Å². The van der Waals surface area contributed by atoms with Gasteiger partial charge in [-0.3, -0.25) is 4.79 Å². The van der Waals surface area contributed by atoms with E-state index in [1.807, 2.05) is 0 Å². The molecule has 0 fully saturated rings. The molecule has 0 spiro atoms. The Morgan fingerprint density at radius 2 is 1.80 bits per heavy atom. The number of unbranched alkanes of at least 4 members (excludes halogenated alkanes) is 1. The molecule has 0 N–H and O–H groups in total. The second-order valence-corrected chi connectivity index (χ2v) is 5.35. The van der Waals surface area contributed by atoms with Crippen molar-refractivity contribution in [2.75, 3.05) is 13.2 Å². The second kappa shape index (κ2) is 7.86. The molecule has 0 aromatic carbocycles. The predicted molar refractivity (Wildman–Crippen MR) is 64.0 cm³/mol. The molecule has 0 unspecified atom stereocenters. The molecule has 0 atom stereocenters. The molecule has 2 heteroatoms. The van der Waals surface area contributed by atoms with Gasteiger partial charge in [0, 0.05) is 26.1 Å². The molecule has 0 saturated heterocycles. The summed E-state index contributed by atoms with van der Waals surface area (Å²) in [5, 5.41) is 0. The summed E-state index contributed by atoms with van der Waals surface area (Å²) >= 11 is 0. The Morgan fingerprint density at radius 3 is 2.33 bits per heavy atom. The van der Waals surface area contributed by atoms with Crippen molar-refractivity contribution in [2.24, 2.45) is 5.41 Å². The van der Waals surface area contributed by atoms with Crippen molar-refractivity contribution in [3.8, 4) is 0 Å². The Hall–Kier alpha value is -0.370. The largest absolute Gasteiger partial charge is 0.381 e. The van der Waals surface area contributed by atoms with Crippen molar-refractivity contribution in [3.63, 3.8) is 0 Å². The van der Waals surface area contributed by atoms with Gasteiger partial charge >= 0.3 is 0 Å². The Labute approximate surface area is 94.4 Å². The van der Waals surface area contributed by atoms with Gasteiger partial charge in [0.05, 0.1) is 0 Å². The fraction of sp³-hybridized carbons (Fsp3) is 0.923. The summed E-state index contributed by atoms with van der Waals surface area (Å²) in [6.07, 6.45) is 4.47. The molecular formula is C13H26O2. The molecule has 0 bridgehead atoms. The second-order valence-electron chi connectivity index (χ2n) is 5.35. The Balaban J connectivity index is 3.32. The van der Waals surface area contributed by atoms with Crippen molar-refractivity contribution in [2.45, 2.75) is 59.8 Å². The smallest absolute Gasteiger partial charge is 0.133 e. The van der Waals surface area contributed by atoms with Crippen LogP contribution in [0.2, 0.25) is 0 Å². The molecular weight excluding hydrogens is 188 g/mol. The minimum absolute atomic E-state index is 0.135. The fourth-order valence-electron chi connectivity index (χ4n) is 1.45. The maximum Gasteiger partial charge on any atom is 0.133 e. The monoisotopic (exact) mass is 214 g/mol. The van der Waals surface area contributed by atoms with Crippen molar-refractivity contribution in [1.82, 2.24) is 0 Å². The lowest BCUT2D eigenvalue weighted by Crippen LogP contribution is -2.12. The van der Waals surface area contributed by atoms with E-state index in [0.29, 0.717) is 18.6 Å². The molecule has 0 radical (unpaired) electrons. The summed E-state index contributed by atoms with van der Waals surface area (Å²) < 4.78 is 5.35. The average molecular weight is 214 g/mol. The van der Waals surface area contributed by atoms with Crippen LogP contribution in [0.5, 0.6) is 0 Å². The van der Waals surface area contributed by atoms with E-state index in [9.17, 15) is 4.79 Å². The third-order valence-corrected chi connectivity index (χ3v) is 2.07. The van der Waals surface area contributed by atoms with Crippen LogP contribution in [0.1, 0.15) is 59.8 Å². The van der Waals surface area contributed by atoms with Crippen LogP contribution >= 0.6 is 0 Å². The van der Waals surface area contributed by atoms with Crippen LogP contribution in [-0.2, 0) is 9.53 Å². The summed E-state index contributed by atoms with van der Waals surface area (Å²) in [4.78, 5) is 11.5. The van der Waals surface area contributed by atoms with E-state index in [-0.39, 0.29) is 5.41 Å². The van der Waals surface area contributed by atoms with Crippen LogP contribution in [0.25, 0.3) is 0 Å². The average Bonchev–Trinajstić information content (AvgIpc) is 2.08. The molecule has 15 heavy (non-hydrogen) atoms. The van der Waals surface area contributed by atoms with Gasteiger partial charge in [-0.15, -0.1) is 0 Å². The summed E-state index contributed by atoms with van der Waals surface area (Å²) in [5.41, 5.74) is 0.135. The van der Waals surface area contributed by atoms with E-state index < -0.39 is 0 Å². The number of carbonyl (C=O) groups excluding carboxylic acids is 1. The first-order valence-electron chi connectivity index (χ1n) is 6.05. The van der Waals surface area contributed by atoms with Crippen LogP contribution < -0.4 is 0 Å². The van der Waals surface area contributed by atoms with Gasteiger partial charge in [-0.25, -0.2) is 0 Å². The van der Waals surface area contributed by atoms with Crippen LogP contribution in [0.3, 0.4) is 0 Å². The van der Waals surface area contributed by atoms with Crippen molar-refractivity contribution >= 4 is 5.78 Å². The zero-order valence-corrected chi connectivity index (χ0v) is 10.8. The third-order valence-electron chi connectivity index (χ3n) is 2.07. The van der Waals surface area contributed by atoms with Gasteiger partial charge in [-0.1, -0.05) is 27.7 Å². The van der Waals surface area contributed by atoms with E-state index in [1.165, 1.54) is 0 Å². The summed E-state index contributed by atoms with van der Waals surface area (Å²) in [6.45, 7) is 10.1. The molecule has 0 aliphatic heterocycles. The van der Waals surface area contributed by atoms with Crippen molar-refractivity contribution in [3.05, 3.63) is 0 Å². The standard InChI is InChI=1S/C13H26O2/c1-5-9-15-10-7-6-8-12(14)11-13(2,3)4/h5-11H2,1-4H3. The summed E-state index contributed by atoms with van der Waals surface area (Å²) in [7, 11) is 0. The third kappa shape index (κ3) is 11.6. The Morgan fingerprint density at radius 1 is 1.13 bits per heavy atom. The zero-order valence-electron chi connectivity index (χ0n) is 10.8. The number of ether oxygens (including phenoxy) is 1. The number of ketones is 1. The maximum atomic E-state index is 11.5. The van der Waals surface area contributed by atoms with E-state index in [4.69, 9.17) is 4.74 Å². The van der Waals surface area contributed by atoms with Crippen LogP contribution in [0.15, 0.2) is 0 Å². The molecule has 0 aliphatic carbocycles. The maximum absolute atomic E-state index is 11.5. The highest BCUT2D eigenvalue weighted by atomic mass is 16.5. The van der Waals surface area contributed by atoms with Gasteiger partial charge in [-0.05, 0) is 24.7 Å². The van der Waals surface area contributed by atoms with Gasteiger partial charge in [0.15, 0.2) is 0 Å². The molecule has 0 aliphatic rings. The predicted octanol–water partition coefficient (Wildman–Crippen LogP) is 3.59. The first kappa shape index (κ1) is 14.6. The van der Waals surface area contributed by atoms with Crippen LogP contribution in [-0.4, -0.2) is 19.0 Å². The number of carbonyl (C=O) groups is 1. The topological polar surface area (TPSA) is 26.3 Å². The Bertz CT molecular complexity index is 168. The van der Waals surface area contributed by atoms with Gasteiger partial charge in [0.1, 0.15) is 5.78 Å². The lowest BCUT2D eigenvalue weighted by atomic mass is 9.88. The number of Topliss-reactive ketones (excluding diaryl/α,β-unsaturated/α-hetero) is 1. The lowest BCUT2D eigenvalue weighted by Gasteiger charge is -2.16. The molecule has 0 saturated carbocycles. The quantitative estimate of drug-likeness (QED) is 0.577. The number of hydrogen-bond acceptors (Lipinski definition) is 2. The molecule has 0 aromatic rings. The lowest BCUT2D eigenvalue weighted by molar-refractivity contribution is -0.120. The molecule has 2 nitrogen and oxygen atoms in total. The van der Waals surface area contributed by atoms with Gasteiger partial charge < -0.3 is 4.74 Å². The fourth-order valence-corrected chi connectivity index (χ4v) is 1.45. The highest BCUT2D eigenvalue weighted by Gasteiger charge is 2.15. The molecule has 0 rings (SSSR count). The number of rotatable bonds is 8. The van der Waals surface area contributed by atoms with Gasteiger partial charge in [0.2, 0.25) is 0 Å². The first-order chi connectivity index (χ1) is 6.95. The van der Waals surface area contributed by atoms with E-state index >= 15 is 0 Å². The van der Waals surface area contributed by atoms with Gasteiger partial charge in [-0.2, -0.15) is 0 Å². The molecule has 90 valence electrons. The molecule has 0 amide bonds. The minimum atomic E-state index is 0.135. The van der Waals surface area contributed by atoms with Crippen molar-refractivity contribution in [1.29, 1.82) is 0 Å². The Kier molecular flexibility index (Phi) is 7.67. The van der Waals surface area contributed by atoms with E-state index in [2.05, 4.69) is 27.7 Å². The van der Waals surface area contributed by atoms with Crippen LogP contribution in [0, 0.1) is 5.41 Å². The first-order valence-corrected chi connectivity index (χ1v) is 6.05. The summed E-state index contributed by atoms with van der Waals surface area (Å²) in [5.74, 6) is 0.387. The molecule has 0 heterocycles. The molecule has 0 aromatic heterocycles. The minimum Gasteiger partial charge on any atom is -0.381 e. The number of hydrogen-bond donors (Lipinski definition) is 0. The highest BCUT2D eigenvalue weighted by Crippen LogP contribution is 2.20. The van der Waals surface area contributed by atoms with E-state index in [0.717, 1.165) is 32.5 Å². The van der Waals surface area contributed by atoms with Gasteiger partial charge in [0.25, 0.3) is 0 Å². The SMILES string of the molecule is CCCOCCCCC(=O)CC(C)(C)C. The summed E-state index contributed by atoms with van der Waals surface area (Å²) in [6, 6.07) is 0. The highest BCUT2D eigenvalue weighted by molar-refractivity contribution is 5.78. The van der Waals surface area contributed by atoms with E-state index in [1.54, 1.807) is 0 Å². The zero-order chi connectivity index (χ0) is 11.7. The van der Waals surface area contributed by atoms with Crippen LogP contribution in [0.4, 0.5) is 0 Å². The normalized spacial score (nSPS) is 11.7.